The molecule has 82 valence electrons. The Hall–Kier alpha value is -0.170. The summed E-state index contributed by atoms with van der Waals surface area (Å²) >= 11 is 0. The summed E-state index contributed by atoms with van der Waals surface area (Å²) in [5.41, 5.74) is 0. The molecule has 2 aliphatic rings. The fourth-order valence-electron chi connectivity index (χ4n) is 1.49. The summed E-state index contributed by atoms with van der Waals surface area (Å²) in [7, 11) is -3.92. The van der Waals surface area contributed by atoms with Crippen LogP contribution in [0.3, 0.4) is 0 Å². The van der Waals surface area contributed by atoms with Gasteiger partial charge in [-0.2, -0.15) is 8.42 Å². The van der Waals surface area contributed by atoms with E-state index in [0.29, 0.717) is 25.9 Å². The van der Waals surface area contributed by atoms with E-state index in [1.54, 1.807) is 0 Å². The molecule has 3 unspecified atom stereocenters. The highest BCUT2D eigenvalue weighted by molar-refractivity contribution is 7.86. The highest BCUT2D eigenvalue weighted by atomic mass is 32.2. The standard InChI is InChI=1S/C8H14O5S/c9-14(10,11)8(3-7-5-13-7)2-1-6-4-12-6/h6-8H,1-5H2,(H,9,10,11). The van der Waals surface area contributed by atoms with Gasteiger partial charge in [-0.25, -0.2) is 0 Å². The van der Waals surface area contributed by atoms with Crippen LogP contribution in [0.1, 0.15) is 19.3 Å². The number of epoxide rings is 2. The number of hydrogen-bond donors (Lipinski definition) is 1. The third-order valence-electron chi connectivity index (χ3n) is 2.56. The minimum atomic E-state index is -3.92. The molecule has 1 N–H and O–H groups in total. The Morgan fingerprint density at radius 2 is 1.86 bits per heavy atom. The lowest BCUT2D eigenvalue weighted by Gasteiger charge is -2.11. The molecule has 0 aromatic carbocycles. The van der Waals surface area contributed by atoms with Gasteiger partial charge in [-0.15, -0.1) is 0 Å². The molecule has 0 amide bonds. The van der Waals surface area contributed by atoms with Crippen LogP contribution >= 0.6 is 0 Å². The number of hydrogen-bond acceptors (Lipinski definition) is 4. The smallest absolute Gasteiger partial charge is 0.267 e. The molecule has 0 aliphatic carbocycles. The predicted octanol–water partition coefficient (Wildman–Crippen LogP) is 0.211. The quantitative estimate of drug-likeness (QED) is 0.513. The summed E-state index contributed by atoms with van der Waals surface area (Å²) in [4.78, 5) is 0. The van der Waals surface area contributed by atoms with Crippen molar-refractivity contribution in [2.75, 3.05) is 13.2 Å². The maximum Gasteiger partial charge on any atom is 0.267 e. The van der Waals surface area contributed by atoms with Crippen molar-refractivity contribution in [2.24, 2.45) is 0 Å². The maximum absolute atomic E-state index is 11.0. The summed E-state index contributed by atoms with van der Waals surface area (Å²) in [6.45, 7) is 1.34. The SMILES string of the molecule is O=S(=O)(O)C(CCC1CO1)CC1CO1. The van der Waals surface area contributed by atoms with Gasteiger partial charge in [0.05, 0.1) is 30.7 Å². The molecule has 2 fully saturated rings. The number of rotatable bonds is 6. The molecule has 3 atom stereocenters. The first-order valence-electron chi connectivity index (χ1n) is 4.75. The van der Waals surface area contributed by atoms with E-state index in [1.807, 2.05) is 0 Å². The second-order valence-electron chi connectivity index (χ2n) is 3.86. The molecule has 0 saturated carbocycles. The second kappa shape index (κ2) is 3.77. The van der Waals surface area contributed by atoms with Crippen molar-refractivity contribution in [3.8, 4) is 0 Å². The zero-order valence-corrected chi connectivity index (χ0v) is 8.57. The van der Waals surface area contributed by atoms with Crippen molar-refractivity contribution in [3.63, 3.8) is 0 Å². The van der Waals surface area contributed by atoms with Gasteiger partial charge in [0.1, 0.15) is 0 Å². The van der Waals surface area contributed by atoms with Crippen molar-refractivity contribution in [3.05, 3.63) is 0 Å². The normalized spacial score (nSPS) is 32.6. The zero-order chi connectivity index (χ0) is 10.2. The Morgan fingerprint density at radius 3 is 2.29 bits per heavy atom. The topological polar surface area (TPSA) is 79.4 Å². The fraction of sp³-hybridized carbons (Fsp3) is 1.00. The van der Waals surface area contributed by atoms with E-state index in [1.165, 1.54) is 0 Å². The summed E-state index contributed by atoms with van der Waals surface area (Å²) in [5, 5.41) is -0.681. The first-order chi connectivity index (χ1) is 6.55. The Balaban J connectivity index is 1.83. The van der Waals surface area contributed by atoms with E-state index in [2.05, 4.69) is 0 Å². The minimum Gasteiger partial charge on any atom is -0.373 e. The molecular weight excluding hydrogens is 208 g/mol. The van der Waals surface area contributed by atoms with Crippen LogP contribution in [0.25, 0.3) is 0 Å². The molecule has 2 aliphatic heterocycles. The third-order valence-corrected chi connectivity index (χ3v) is 3.83. The lowest BCUT2D eigenvalue weighted by Crippen LogP contribution is -2.23. The van der Waals surface area contributed by atoms with Crippen LogP contribution < -0.4 is 0 Å². The molecule has 0 aromatic heterocycles. The lowest BCUT2D eigenvalue weighted by molar-refractivity contribution is 0.362. The van der Waals surface area contributed by atoms with Crippen LogP contribution in [0, 0.1) is 0 Å². The van der Waals surface area contributed by atoms with Gasteiger partial charge in [0.15, 0.2) is 0 Å². The van der Waals surface area contributed by atoms with Gasteiger partial charge >= 0.3 is 0 Å². The summed E-state index contributed by atoms with van der Waals surface area (Å²) in [6, 6.07) is 0. The Bertz CT molecular complexity index is 291. The molecule has 14 heavy (non-hydrogen) atoms. The summed E-state index contributed by atoms with van der Waals surface area (Å²) in [5.74, 6) is 0. The van der Waals surface area contributed by atoms with Crippen molar-refractivity contribution >= 4 is 10.1 Å². The van der Waals surface area contributed by atoms with Crippen molar-refractivity contribution in [1.82, 2.24) is 0 Å². The van der Waals surface area contributed by atoms with Crippen molar-refractivity contribution in [2.45, 2.75) is 36.7 Å². The third kappa shape index (κ3) is 3.20. The van der Waals surface area contributed by atoms with Gasteiger partial charge in [0, 0.05) is 0 Å². The van der Waals surface area contributed by atoms with E-state index in [4.69, 9.17) is 14.0 Å². The first kappa shape index (κ1) is 10.4. The molecule has 6 heteroatoms. The van der Waals surface area contributed by atoms with Gasteiger partial charge < -0.3 is 9.47 Å². The first-order valence-corrected chi connectivity index (χ1v) is 6.25. The van der Waals surface area contributed by atoms with Crippen LogP contribution in [0.2, 0.25) is 0 Å². The average molecular weight is 222 g/mol. The lowest BCUT2D eigenvalue weighted by atomic mass is 10.1. The second-order valence-corrected chi connectivity index (χ2v) is 5.56. The molecule has 2 rings (SSSR count). The Morgan fingerprint density at radius 1 is 1.29 bits per heavy atom. The zero-order valence-electron chi connectivity index (χ0n) is 7.76. The van der Waals surface area contributed by atoms with Crippen molar-refractivity contribution in [1.29, 1.82) is 0 Å². The highest BCUT2D eigenvalue weighted by Crippen LogP contribution is 2.25. The average Bonchev–Trinajstić information content (AvgIpc) is 2.91. The molecule has 0 spiro atoms. The van der Waals surface area contributed by atoms with Crippen LogP contribution in [-0.4, -0.2) is 43.6 Å². The molecular formula is C8H14O5S. The summed E-state index contributed by atoms with van der Waals surface area (Å²) < 4.78 is 40.9. The Labute approximate surface area is 83.1 Å². The van der Waals surface area contributed by atoms with Gasteiger partial charge in [-0.05, 0) is 19.3 Å². The monoisotopic (exact) mass is 222 g/mol. The molecule has 2 heterocycles. The van der Waals surface area contributed by atoms with Gasteiger partial charge in [-0.1, -0.05) is 0 Å². The minimum absolute atomic E-state index is 0.0297. The van der Waals surface area contributed by atoms with E-state index in [0.717, 1.165) is 6.61 Å². The van der Waals surface area contributed by atoms with E-state index >= 15 is 0 Å². The van der Waals surface area contributed by atoms with Gasteiger partial charge in [-0.3, -0.25) is 4.55 Å². The fourth-order valence-corrected chi connectivity index (χ4v) is 2.38. The van der Waals surface area contributed by atoms with Crippen molar-refractivity contribution < 1.29 is 22.4 Å². The Kier molecular flexibility index (Phi) is 2.79. The molecule has 0 bridgehead atoms. The maximum atomic E-state index is 11.0. The van der Waals surface area contributed by atoms with E-state index < -0.39 is 15.4 Å². The number of ether oxygens (including phenoxy) is 2. The van der Waals surface area contributed by atoms with Crippen LogP contribution in [0.5, 0.6) is 0 Å². The highest BCUT2D eigenvalue weighted by Gasteiger charge is 2.34. The van der Waals surface area contributed by atoms with Crippen LogP contribution in [-0.2, 0) is 19.6 Å². The molecule has 5 nitrogen and oxygen atoms in total. The molecule has 2 saturated heterocycles. The van der Waals surface area contributed by atoms with Gasteiger partial charge in [0.25, 0.3) is 10.1 Å². The van der Waals surface area contributed by atoms with E-state index in [9.17, 15) is 8.42 Å². The largest absolute Gasteiger partial charge is 0.373 e. The van der Waals surface area contributed by atoms with Crippen LogP contribution in [0.15, 0.2) is 0 Å². The van der Waals surface area contributed by atoms with Gasteiger partial charge in [0.2, 0.25) is 0 Å². The summed E-state index contributed by atoms with van der Waals surface area (Å²) in [6.07, 6.45) is 1.81. The van der Waals surface area contributed by atoms with E-state index in [-0.39, 0.29) is 12.2 Å². The van der Waals surface area contributed by atoms with Crippen LogP contribution in [0.4, 0.5) is 0 Å². The molecule has 0 radical (unpaired) electrons. The molecule has 0 aromatic rings. The predicted molar refractivity (Wildman–Crippen MR) is 48.7 cm³/mol.